The van der Waals surface area contributed by atoms with Crippen molar-refractivity contribution >= 4 is 0 Å². The number of aryl methyl sites for hydroxylation is 1. The number of nitrogens with one attached hydrogen (secondary N) is 1. The SMILES string of the molecule is Cn1nccc1CNCC12CC3CC(CC(C3)C1)C2. The van der Waals surface area contributed by atoms with Crippen LogP contribution in [0.2, 0.25) is 0 Å². The van der Waals surface area contributed by atoms with Gasteiger partial charge in [0.25, 0.3) is 0 Å². The maximum absolute atomic E-state index is 4.24. The second-order valence-corrected chi connectivity index (χ2v) is 7.47. The molecule has 0 aliphatic heterocycles. The molecule has 1 aromatic heterocycles. The third kappa shape index (κ3) is 2.12. The van der Waals surface area contributed by atoms with Crippen LogP contribution in [0.25, 0.3) is 0 Å². The summed E-state index contributed by atoms with van der Waals surface area (Å²) in [4.78, 5) is 0. The Labute approximate surface area is 115 Å². The maximum atomic E-state index is 4.24. The van der Waals surface area contributed by atoms with E-state index in [4.69, 9.17) is 0 Å². The van der Waals surface area contributed by atoms with Crippen LogP contribution < -0.4 is 5.32 Å². The van der Waals surface area contributed by atoms with Gasteiger partial charge in [-0.05, 0) is 67.8 Å². The minimum Gasteiger partial charge on any atom is -0.311 e. The van der Waals surface area contributed by atoms with E-state index < -0.39 is 0 Å². The van der Waals surface area contributed by atoms with Gasteiger partial charge in [-0.1, -0.05) is 0 Å². The van der Waals surface area contributed by atoms with Gasteiger partial charge in [0.2, 0.25) is 0 Å². The lowest BCUT2D eigenvalue weighted by molar-refractivity contribution is -0.0514. The highest BCUT2D eigenvalue weighted by molar-refractivity contribution is 5.03. The fraction of sp³-hybridized carbons (Fsp3) is 0.812. The Hall–Kier alpha value is -0.830. The molecule has 0 amide bonds. The predicted octanol–water partition coefficient (Wildman–Crippen LogP) is 2.73. The second kappa shape index (κ2) is 4.34. The third-order valence-electron chi connectivity index (χ3n) is 5.89. The van der Waals surface area contributed by atoms with Crippen molar-refractivity contribution in [1.82, 2.24) is 15.1 Å². The average molecular weight is 259 g/mol. The van der Waals surface area contributed by atoms with Gasteiger partial charge in [-0.3, -0.25) is 4.68 Å². The molecule has 3 nitrogen and oxygen atoms in total. The molecule has 4 fully saturated rings. The van der Waals surface area contributed by atoms with Crippen LogP contribution in [0, 0.1) is 23.2 Å². The van der Waals surface area contributed by atoms with Crippen molar-refractivity contribution in [1.29, 1.82) is 0 Å². The normalized spacial score (nSPS) is 39.9. The monoisotopic (exact) mass is 259 g/mol. The molecule has 0 spiro atoms. The van der Waals surface area contributed by atoms with Crippen LogP contribution in [0.3, 0.4) is 0 Å². The summed E-state index contributed by atoms with van der Waals surface area (Å²) in [5.41, 5.74) is 1.94. The molecule has 1 heterocycles. The highest BCUT2D eigenvalue weighted by Gasteiger charge is 2.50. The summed E-state index contributed by atoms with van der Waals surface area (Å²) in [6.45, 7) is 2.19. The Morgan fingerprint density at radius 1 is 1.21 bits per heavy atom. The molecule has 5 rings (SSSR count). The topological polar surface area (TPSA) is 29.9 Å². The molecule has 0 unspecified atom stereocenters. The zero-order chi connectivity index (χ0) is 12.9. The average Bonchev–Trinajstić information content (AvgIpc) is 2.73. The molecule has 4 bridgehead atoms. The number of aromatic nitrogens is 2. The first-order valence-corrected chi connectivity index (χ1v) is 7.90. The fourth-order valence-electron chi connectivity index (χ4n) is 5.54. The summed E-state index contributed by atoms with van der Waals surface area (Å²) in [7, 11) is 2.03. The van der Waals surface area contributed by atoms with Crippen molar-refractivity contribution in [2.75, 3.05) is 6.54 Å². The number of rotatable bonds is 4. The molecular formula is C16H25N3. The number of hydrogen-bond donors (Lipinski definition) is 1. The van der Waals surface area contributed by atoms with Gasteiger partial charge in [-0.2, -0.15) is 5.10 Å². The zero-order valence-electron chi connectivity index (χ0n) is 11.9. The number of hydrogen-bond acceptors (Lipinski definition) is 2. The summed E-state index contributed by atoms with van der Waals surface area (Å²) in [6, 6.07) is 2.12. The molecule has 3 heteroatoms. The molecule has 0 aromatic carbocycles. The Balaban J connectivity index is 1.39. The van der Waals surface area contributed by atoms with E-state index in [2.05, 4.69) is 16.5 Å². The van der Waals surface area contributed by atoms with E-state index in [0.29, 0.717) is 5.41 Å². The minimum atomic E-state index is 0.646. The summed E-state index contributed by atoms with van der Waals surface area (Å²) >= 11 is 0. The van der Waals surface area contributed by atoms with Crippen molar-refractivity contribution in [3.05, 3.63) is 18.0 Å². The molecule has 0 radical (unpaired) electrons. The number of nitrogens with zero attached hydrogens (tertiary/aromatic N) is 2. The second-order valence-electron chi connectivity index (χ2n) is 7.47. The molecule has 104 valence electrons. The summed E-state index contributed by atoms with van der Waals surface area (Å²) < 4.78 is 1.98. The van der Waals surface area contributed by atoms with Crippen molar-refractivity contribution in [2.24, 2.45) is 30.2 Å². The quantitative estimate of drug-likeness (QED) is 0.901. The highest BCUT2D eigenvalue weighted by atomic mass is 15.3. The van der Waals surface area contributed by atoms with Gasteiger partial charge in [0.1, 0.15) is 0 Å². The summed E-state index contributed by atoms with van der Waals surface area (Å²) in [5, 5.41) is 7.96. The molecule has 1 N–H and O–H groups in total. The van der Waals surface area contributed by atoms with Crippen LogP contribution in [-0.2, 0) is 13.6 Å². The molecule has 0 atom stereocenters. The lowest BCUT2D eigenvalue weighted by atomic mass is 9.49. The summed E-state index contributed by atoms with van der Waals surface area (Å²) in [5.74, 6) is 3.18. The van der Waals surface area contributed by atoms with Gasteiger partial charge in [-0.25, -0.2) is 0 Å². The minimum absolute atomic E-state index is 0.646. The van der Waals surface area contributed by atoms with Gasteiger partial charge < -0.3 is 5.32 Å². The Morgan fingerprint density at radius 3 is 2.37 bits per heavy atom. The van der Waals surface area contributed by atoms with Crippen molar-refractivity contribution in [3.63, 3.8) is 0 Å². The van der Waals surface area contributed by atoms with E-state index in [0.717, 1.165) is 24.3 Å². The van der Waals surface area contributed by atoms with E-state index in [-0.39, 0.29) is 0 Å². The largest absolute Gasteiger partial charge is 0.311 e. The van der Waals surface area contributed by atoms with Gasteiger partial charge >= 0.3 is 0 Å². The van der Waals surface area contributed by atoms with E-state index >= 15 is 0 Å². The van der Waals surface area contributed by atoms with E-state index in [1.807, 2.05) is 17.9 Å². The first-order chi connectivity index (χ1) is 9.22. The smallest absolute Gasteiger partial charge is 0.0518 e. The molecule has 4 aliphatic carbocycles. The van der Waals surface area contributed by atoms with Crippen LogP contribution in [0.15, 0.2) is 12.3 Å². The standard InChI is InChI=1S/C16H25N3/c1-19-15(2-3-18-19)10-17-11-16-7-12-4-13(8-16)6-14(5-12)9-16/h2-3,12-14,17H,4-11H2,1H3. The first kappa shape index (κ1) is 12.0. The van der Waals surface area contributed by atoms with E-state index in [9.17, 15) is 0 Å². The van der Waals surface area contributed by atoms with E-state index in [1.165, 1.54) is 31.5 Å². The fourth-order valence-corrected chi connectivity index (χ4v) is 5.54. The van der Waals surface area contributed by atoms with Gasteiger partial charge in [0.05, 0.1) is 5.69 Å². The molecule has 0 saturated heterocycles. The predicted molar refractivity (Wildman–Crippen MR) is 75.5 cm³/mol. The Bertz CT molecular complexity index is 427. The molecule has 4 saturated carbocycles. The Kier molecular flexibility index (Phi) is 2.73. The lowest BCUT2D eigenvalue weighted by Crippen LogP contribution is -2.50. The van der Waals surface area contributed by atoms with Crippen molar-refractivity contribution in [3.8, 4) is 0 Å². The van der Waals surface area contributed by atoms with Crippen molar-refractivity contribution < 1.29 is 0 Å². The highest BCUT2D eigenvalue weighted by Crippen LogP contribution is 2.59. The maximum Gasteiger partial charge on any atom is 0.0518 e. The Morgan fingerprint density at radius 2 is 1.84 bits per heavy atom. The molecule has 1 aromatic rings. The van der Waals surface area contributed by atoms with E-state index in [1.54, 1.807) is 19.3 Å². The lowest BCUT2D eigenvalue weighted by Gasteiger charge is -2.57. The first-order valence-electron chi connectivity index (χ1n) is 7.90. The van der Waals surface area contributed by atoms with Gasteiger partial charge in [0, 0.05) is 26.3 Å². The zero-order valence-corrected chi connectivity index (χ0v) is 11.9. The van der Waals surface area contributed by atoms with Crippen LogP contribution in [0.4, 0.5) is 0 Å². The van der Waals surface area contributed by atoms with Crippen molar-refractivity contribution in [2.45, 2.75) is 45.1 Å². The van der Waals surface area contributed by atoms with Gasteiger partial charge in [0.15, 0.2) is 0 Å². The molecule has 19 heavy (non-hydrogen) atoms. The van der Waals surface area contributed by atoms with Crippen LogP contribution in [0.5, 0.6) is 0 Å². The van der Waals surface area contributed by atoms with Crippen LogP contribution in [0.1, 0.15) is 44.2 Å². The molecule has 4 aliphatic rings. The summed E-state index contributed by atoms with van der Waals surface area (Å²) in [6.07, 6.45) is 11.0. The van der Waals surface area contributed by atoms with Crippen LogP contribution >= 0.6 is 0 Å². The molecular weight excluding hydrogens is 234 g/mol. The van der Waals surface area contributed by atoms with Gasteiger partial charge in [-0.15, -0.1) is 0 Å². The third-order valence-corrected chi connectivity index (χ3v) is 5.89. The van der Waals surface area contributed by atoms with Crippen LogP contribution in [-0.4, -0.2) is 16.3 Å².